The maximum Gasteiger partial charge on any atom is 0.266 e. The quantitative estimate of drug-likeness (QED) is 0.861. The van der Waals surface area contributed by atoms with Gasteiger partial charge in [0.15, 0.2) is 0 Å². The molecule has 3 heterocycles. The predicted molar refractivity (Wildman–Crippen MR) is 85.9 cm³/mol. The molecule has 4 nitrogen and oxygen atoms in total. The smallest absolute Gasteiger partial charge is 0.266 e. The van der Waals surface area contributed by atoms with E-state index < -0.39 is 0 Å². The number of carbonyl (C=O) groups excluding carboxylic acids is 1. The van der Waals surface area contributed by atoms with E-state index >= 15 is 0 Å². The predicted octanol–water partition coefficient (Wildman–Crippen LogP) is 2.71. The molecule has 0 saturated carbocycles. The first-order valence-corrected chi connectivity index (χ1v) is 8.91. The van der Waals surface area contributed by atoms with E-state index in [2.05, 4.69) is 28.8 Å². The topological polar surface area (TPSA) is 36.4 Å². The molecule has 1 aromatic heterocycles. The molecule has 21 heavy (non-hydrogen) atoms. The van der Waals surface area contributed by atoms with Crippen LogP contribution in [-0.4, -0.2) is 52.9 Å². The summed E-state index contributed by atoms with van der Waals surface area (Å²) in [6.07, 6.45) is 5.69. The highest BCUT2D eigenvalue weighted by atomic mass is 32.1. The summed E-state index contributed by atoms with van der Waals surface area (Å²) in [4.78, 5) is 22.9. The van der Waals surface area contributed by atoms with Crippen molar-refractivity contribution in [3.8, 4) is 0 Å². The molecule has 116 valence electrons. The molecule has 2 aliphatic heterocycles. The molecule has 0 aliphatic carbocycles. The first-order valence-electron chi connectivity index (χ1n) is 8.09. The highest BCUT2D eigenvalue weighted by Crippen LogP contribution is 2.31. The van der Waals surface area contributed by atoms with Crippen molar-refractivity contribution in [3.05, 3.63) is 15.6 Å². The number of nitrogens with zero attached hydrogens (tertiary/aromatic N) is 3. The number of likely N-dealkylation sites (tertiary alicyclic amines) is 2. The van der Waals surface area contributed by atoms with Crippen LogP contribution in [0.15, 0.2) is 0 Å². The van der Waals surface area contributed by atoms with Crippen LogP contribution in [0.2, 0.25) is 0 Å². The normalized spacial score (nSPS) is 26.7. The summed E-state index contributed by atoms with van der Waals surface area (Å²) in [6, 6.07) is 0.951. The van der Waals surface area contributed by atoms with Gasteiger partial charge in [0, 0.05) is 18.6 Å². The molecule has 0 spiro atoms. The Bertz CT molecular complexity index is 528. The summed E-state index contributed by atoms with van der Waals surface area (Å²) in [7, 11) is 2.20. The lowest BCUT2D eigenvalue weighted by Gasteiger charge is -2.33. The number of rotatable bonds is 3. The van der Waals surface area contributed by atoms with Gasteiger partial charge in [-0.25, -0.2) is 4.98 Å². The number of carbonyl (C=O) groups is 1. The van der Waals surface area contributed by atoms with Crippen LogP contribution >= 0.6 is 11.3 Å². The second-order valence-electron chi connectivity index (χ2n) is 6.27. The summed E-state index contributed by atoms with van der Waals surface area (Å²) in [5.41, 5.74) is 0.910. The zero-order valence-electron chi connectivity index (χ0n) is 13.3. The van der Waals surface area contributed by atoms with E-state index in [1.165, 1.54) is 19.4 Å². The number of hydrogen-bond acceptors (Lipinski definition) is 4. The SMILES string of the molecule is CCc1nc(C)c(C(=O)N2CCC[C@H]2[C@@H]2CCCN2C)s1. The van der Waals surface area contributed by atoms with Crippen molar-refractivity contribution < 1.29 is 4.79 Å². The molecular formula is C16H25N3OS. The van der Waals surface area contributed by atoms with E-state index in [4.69, 9.17) is 0 Å². The minimum Gasteiger partial charge on any atom is -0.333 e. The van der Waals surface area contributed by atoms with E-state index in [0.717, 1.165) is 41.4 Å². The average molecular weight is 307 g/mol. The van der Waals surface area contributed by atoms with Crippen molar-refractivity contribution in [1.82, 2.24) is 14.8 Å². The molecule has 2 aliphatic rings. The molecule has 0 unspecified atom stereocenters. The third-order valence-corrected chi connectivity index (χ3v) is 6.21. The van der Waals surface area contributed by atoms with Gasteiger partial charge in [0.05, 0.1) is 10.7 Å². The fraction of sp³-hybridized carbons (Fsp3) is 0.750. The second-order valence-corrected chi connectivity index (χ2v) is 7.36. The molecule has 0 radical (unpaired) electrons. The lowest BCUT2D eigenvalue weighted by Crippen LogP contribution is -2.47. The lowest BCUT2D eigenvalue weighted by atomic mass is 10.0. The summed E-state index contributed by atoms with van der Waals surface area (Å²) >= 11 is 1.58. The van der Waals surface area contributed by atoms with Gasteiger partial charge < -0.3 is 9.80 Å². The lowest BCUT2D eigenvalue weighted by molar-refractivity contribution is 0.0668. The highest BCUT2D eigenvalue weighted by molar-refractivity contribution is 7.13. The Morgan fingerprint density at radius 2 is 2.00 bits per heavy atom. The Morgan fingerprint density at radius 1 is 1.29 bits per heavy atom. The Labute approximate surface area is 131 Å². The maximum atomic E-state index is 12.9. The van der Waals surface area contributed by atoms with Gasteiger partial charge in [-0.15, -0.1) is 11.3 Å². The summed E-state index contributed by atoms with van der Waals surface area (Å²) < 4.78 is 0. The maximum absolute atomic E-state index is 12.9. The van der Waals surface area contributed by atoms with E-state index in [1.807, 2.05) is 6.92 Å². The van der Waals surface area contributed by atoms with Gasteiger partial charge in [0.2, 0.25) is 0 Å². The van der Waals surface area contributed by atoms with Crippen molar-refractivity contribution in [3.63, 3.8) is 0 Å². The first kappa shape index (κ1) is 15.0. The summed E-state index contributed by atoms with van der Waals surface area (Å²) in [5, 5.41) is 1.07. The number of thiazole rings is 1. The van der Waals surface area contributed by atoms with Gasteiger partial charge >= 0.3 is 0 Å². The molecule has 0 N–H and O–H groups in total. The Kier molecular flexibility index (Phi) is 4.31. The average Bonchev–Trinajstić information content (AvgIpc) is 3.16. The molecule has 0 bridgehead atoms. The van der Waals surface area contributed by atoms with Gasteiger partial charge in [-0.3, -0.25) is 4.79 Å². The molecule has 5 heteroatoms. The van der Waals surface area contributed by atoms with Crippen LogP contribution in [0.1, 0.15) is 53.0 Å². The van der Waals surface area contributed by atoms with Gasteiger partial charge in [0.25, 0.3) is 5.91 Å². The zero-order chi connectivity index (χ0) is 15.0. The van der Waals surface area contributed by atoms with Gasteiger partial charge in [-0.05, 0) is 52.6 Å². The van der Waals surface area contributed by atoms with Gasteiger partial charge in [-0.1, -0.05) is 6.92 Å². The van der Waals surface area contributed by atoms with E-state index in [9.17, 15) is 4.79 Å². The van der Waals surface area contributed by atoms with Crippen LogP contribution in [0, 0.1) is 6.92 Å². The fourth-order valence-electron chi connectivity index (χ4n) is 3.80. The largest absolute Gasteiger partial charge is 0.333 e. The number of amides is 1. The second kappa shape index (κ2) is 6.05. The van der Waals surface area contributed by atoms with E-state index in [1.54, 1.807) is 11.3 Å². The molecule has 1 aromatic rings. The highest BCUT2D eigenvalue weighted by Gasteiger charge is 2.39. The molecule has 1 amide bonds. The Hall–Kier alpha value is -0.940. The van der Waals surface area contributed by atoms with Crippen LogP contribution in [0.5, 0.6) is 0 Å². The molecule has 2 saturated heterocycles. The van der Waals surface area contributed by atoms with Gasteiger partial charge in [0.1, 0.15) is 4.88 Å². The minimum absolute atomic E-state index is 0.215. The monoisotopic (exact) mass is 307 g/mol. The number of hydrogen-bond donors (Lipinski definition) is 0. The third-order valence-electron chi connectivity index (χ3n) is 4.92. The Morgan fingerprint density at radius 3 is 2.62 bits per heavy atom. The van der Waals surface area contributed by atoms with Crippen molar-refractivity contribution in [2.45, 2.75) is 58.0 Å². The number of aromatic nitrogens is 1. The molecule has 3 rings (SSSR count). The summed E-state index contributed by atoms with van der Waals surface area (Å²) in [6.45, 7) is 6.14. The molecular weight excluding hydrogens is 282 g/mol. The van der Waals surface area contributed by atoms with Crippen LogP contribution in [0.4, 0.5) is 0 Å². The van der Waals surface area contributed by atoms with E-state index in [0.29, 0.717) is 12.1 Å². The zero-order valence-corrected chi connectivity index (χ0v) is 14.1. The van der Waals surface area contributed by atoms with Crippen LogP contribution in [0.3, 0.4) is 0 Å². The van der Waals surface area contributed by atoms with Crippen molar-refractivity contribution >= 4 is 17.2 Å². The molecule has 2 atom stereocenters. The van der Waals surface area contributed by atoms with Gasteiger partial charge in [-0.2, -0.15) is 0 Å². The van der Waals surface area contributed by atoms with E-state index in [-0.39, 0.29) is 5.91 Å². The standard InChI is InChI=1S/C16H25N3OS/c1-4-14-17-11(2)15(21-14)16(20)19-10-6-8-13(19)12-7-5-9-18(12)3/h12-13H,4-10H2,1-3H3/t12-,13-/m0/s1. The number of aryl methyl sites for hydroxylation is 2. The fourth-order valence-corrected chi connectivity index (χ4v) is 4.76. The van der Waals surface area contributed by atoms with Crippen LogP contribution in [0.25, 0.3) is 0 Å². The minimum atomic E-state index is 0.215. The number of likely N-dealkylation sites (N-methyl/N-ethyl adjacent to an activating group) is 1. The molecule has 2 fully saturated rings. The molecule has 0 aromatic carbocycles. The van der Waals surface area contributed by atoms with Crippen molar-refractivity contribution in [1.29, 1.82) is 0 Å². The van der Waals surface area contributed by atoms with Crippen LogP contribution in [-0.2, 0) is 6.42 Å². The van der Waals surface area contributed by atoms with Crippen LogP contribution < -0.4 is 0 Å². The third kappa shape index (κ3) is 2.73. The van der Waals surface area contributed by atoms with Crippen molar-refractivity contribution in [2.24, 2.45) is 0 Å². The van der Waals surface area contributed by atoms with Crippen molar-refractivity contribution in [2.75, 3.05) is 20.1 Å². The first-order chi connectivity index (χ1) is 10.1. The Balaban J connectivity index is 1.81. The summed E-state index contributed by atoms with van der Waals surface area (Å²) in [5.74, 6) is 0.215.